The van der Waals surface area contributed by atoms with Gasteiger partial charge in [-0.1, -0.05) is 31.2 Å². The maximum absolute atomic E-state index is 11.6. The summed E-state index contributed by atoms with van der Waals surface area (Å²) in [7, 11) is -3.30. The number of aryl methyl sites for hydroxylation is 1. The number of sulfonamides is 1. The normalized spacial score (nSPS) is 11.5. The molecule has 0 aliphatic heterocycles. The topological polar surface area (TPSA) is 74.8 Å². The van der Waals surface area contributed by atoms with E-state index in [2.05, 4.69) is 14.9 Å². The van der Waals surface area contributed by atoms with E-state index in [0.29, 0.717) is 12.2 Å². The molecule has 5 nitrogen and oxygen atoms in total. The van der Waals surface area contributed by atoms with Crippen molar-refractivity contribution >= 4 is 15.8 Å². The fourth-order valence-corrected chi connectivity index (χ4v) is 2.93. The zero-order chi connectivity index (χ0) is 13.9. The fourth-order valence-electron chi connectivity index (χ4n) is 1.87. The summed E-state index contributed by atoms with van der Waals surface area (Å²) in [6.45, 7) is 3.82. The molecule has 0 amide bonds. The number of H-pyrrole nitrogens is 1. The van der Waals surface area contributed by atoms with Gasteiger partial charge in [0.2, 0.25) is 10.0 Å². The van der Waals surface area contributed by atoms with Crippen LogP contribution in [0.2, 0.25) is 0 Å². The van der Waals surface area contributed by atoms with Crippen LogP contribution in [0.5, 0.6) is 0 Å². The number of aromatic nitrogens is 2. The van der Waals surface area contributed by atoms with Gasteiger partial charge in [0, 0.05) is 11.6 Å². The van der Waals surface area contributed by atoms with Crippen LogP contribution in [0.4, 0.5) is 5.82 Å². The summed E-state index contributed by atoms with van der Waals surface area (Å²) in [6.07, 6.45) is 0.574. The molecule has 0 radical (unpaired) electrons. The van der Waals surface area contributed by atoms with Crippen LogP contribution in [0, 0.1) is 6.92 Å². The minimum absolute atomic E-state index is 0.0968. The monoisotopic (exact) mass is 279 g/mol. The zero-order valence-corrected chi connectivity index (χ0v) is 11.8. The molecule has 2 rings (SSSR count). The molecule has 19 heavy (non-hydrogen) atoms. The van der Waals surface area contributed by atoms with Crippen LogP contribution in [0.1, 0.15) is 18.9 Å². The molecule has 0 unspecified atom stereocenters. The van der Waals surface area contributed by atoms with E-state index in [9.17, 15) is 8.42 Å². The number of rotatable bonds is 5. The van der Waals surface area contributed by atoms with E-state index in [0.717, 1.165) is 16.8 Å². The SMILES string of the molecule is CCCS(=O)(=O)Nc1cc(-c2ccccc2C)[nH]n1. The van der Waals surface area contributed by atoms with Crippen molar-refractivity contribution in [2.45, 2.75) is 20.3 Å². The first-order valence-electron chi connectivity index (χ1n) is 6.14. The summed E-state index contributed by atoms with van der Waals surface area (Å²) < 4.78 is 25.8. The highest BCUT2D eigenvalue weighted by Gasteiger charge is 2.12. The zero-order valence-electron chi connectivity index (χ0n) is 11.0. The van der Waals surface area contributed by atoms with E-state index in [-0.39, 0.29) is 5.75 Å². The van der Waals surface area contributed by atoms with Crippen molar-refractivity contribution in [3.63, 3.8) is 0 Å². The molecule has 0 saturated heterocycles. The largest absolute Gasteiger partial charge is 0.276 e. The molecule has 2 N–H and O–H groups in total. The van der Waals surface area contributed by atoms with Gasteiger partial charge in [0.1, 0.15) is 0 Å². The van der Waals surface area contributed by atoms with E-state index < -0.39 is 10.0 Å². The molecule has 6 heteroatoms. The molecule has 0 saturated carbocycles. The Morgan fingerprint density at radius 2 is 2.05 bits per heavy atom. The Labute approximate surface area is 113 Å². The molecular weight excluding hydrogens is 262 g/mol. The number of nitrogens with one attached hydrogen (secondary N) is 2. The predicted octanol–water partition coefficient (Wildman–Crippen LogP) is 2.54. The molecule has 0 spiro atoms. The van der Waals surface area contributed by atoms with Gasteiger partial charge in [0.25, 0.3) is 0 Å². The van der Waals surface area contributed by atoms with Crippen molar-refractivity contribution in [3.05, 3.63) is 35.9 Å². The van der Waals surface area contributed by atoms with Gasteiger partial charge in [-0.25, -0.2) is 8.42 Å². The fraction of sp³-hybridized carbons (Fsp3) is 0.308. The van der Waals surface area contributed by atoms with Gasteiger partial charge in [-0.05, 0) is 18.9 Å². The van der Waals surface area contributed by atoms with Crippen molar-refractivity contribution in [3.8, 4) is 11.3 Å². The predicted molar refractivity (Wildman–Crippen MR) is 76.5 cm³/mol. The molecule has 1 aromatic carbocycles. The number of hydrogen-bond acceptors (Lipinski definition) is 3. The number of anilines is 1. The number of benzene rings is 1. The summed E-state index contributed by atoms with van der Waals surface area (Å²) in [5, 5.41) is 6.84. The highest BCUT2D eigenvalue weighted by molar-refractivity contribution is 7.92. The van der Waals surface area contributed by atoms with E-state index in [1.165, 1.54) is 0 Å². The van der Waals surface area contributed by atoms with Crippen LogP contribution in [0.15, 0.2) is 30.3 Å². The van der Waals surface area contributed by atoms with Crippen molar-refractivity contribution in [1.29, 1.82) is 0 Å². The molecule has 0 aliphatic carbocycles. The maximum Gasteiger partial charge on any atom is 0.233 e. The van der Waals surface area contributed by atoms with Crippen LogP contribution in [-0.2, 0) is 10.0 Å². The maximum atomic E-state index is 11.6. The summed E-state index contributed by atoms with van der Waals surface area (Å²) in [5.41, 5.74) is 2.91. The third-order valence-corrected chi connectivity index (χ3v) is 4.21. The Morgan fingerprint density at radius 1 is 1.32 bits per heavy atom. The highest BCUT2D eigenvalue weighted by Crippen LogP contribution is 2.23. The van der Waals surface area contributed by atoms with Crippen LogP contribution in [0.3, 0.4) is 0 Å². The first-order valence-corrected chi connectivity index (χ1v) is 7.79. The van der Waals surface area contributed by atoms with Gasteiger partial charge < -0.3 is 0 Å². The second-order valence-corrected chi connectivity index (χ2v) is 6.24. The van der Waals surface area contributed by atoms with Crippen molar-refractivity contribution in [2.24, 2.45) is 0 Å². The average Bonchev–Trinajstić information content (AvgIpc) is 2.77. The van der Waals surface area contributed by atoms with Crippen molar-refractivity contribution in [2.75, 3.05) is 10.5 Å². The minimum Gasteiger partial charge on any atom is -0.276 e. The standard InChI is InChI=1S/C13H17N3O2S/c1-3-8-19(17,18)16-13-9-12(14-15-13)11-7-5-4-6-10(11)2/h4-7,9H,3,8H2,1-2H3,(H2,14,15,16). The Bertz CT molecular complexity index is 662. The van der Waals surface area contributed by atoms with Gasteiger partial charge in [-0.3, -0.25) is 9.82 Å². The molecule has 102 valence electrons. The van der Waals surface area contributed by atoms with Crippen molar-refractivity contribution in [1.82, 2.24) is 10.2 Å². The third kappa shape index (κ3) is 3.35. The third-order valence-electron chi connectivity index (χ3n) is 2.75. The van der Waals surface area contributed by atoms with Gasteiger partial charge in [-0.2, -0.15) is 5.10 Å². The first kappa shape index (κ1) is 13.6. The lowest BCUT2D eigenvalue weighted by Crippen LogP contribution is -2.16. The molecule has 0 fully saturated rings. The minimum atomic E-state index is -3.30. The molecule has 0 atom stereocenters. The molecule has 0 aliphatic rings. The summed E-state index contributed by atoms with van der Waals surface area (Å²) in [4.78, 5) is 0. The molecular formula is C13H17N3O2S. The smallest absolute Gasteiger partial charge is 0.233 e. The van der Waals surface area contributed by atoms with Gasteiger partial charge in [0.05, 0.1) is 11.4 Å². The molecule has 1 heterocycles. The Hall–Kier alpha value is -1.82. The van der Waals surface area contributed by atoms with Crippen LogP contribution < -0.4 is 4.72 Å². The molecule has 0 bridgehead atoms. The van der Waals surface area contributed by atoms with Crippen LogP contribution >= 0.6 is 0 Å². The summed E-state index contributed by atoms with van der Waals surface area (Å²) in [6, 6.07) is 9.56. The number of aromatic amines is 1. The Kier molecular flexibility index (Phi) is 3.90. The van der Waals surface area contributed by atoms with Crippen molar-refractivity contribution < 1.29 is 8.42 Å². The van der Waals surface area contributed by atoms with E-state index >= 15 is 0 Å². The Morgan fingerprint density at radius 3 is 2.74 bits per heavy atom. The Balaban J connectivity index is 2.23. The number of nitrogens with zero attached hydrogens (tertiary/aromatic N) is 1. The molecule has 1 aromatic heterocycles. The van der Waals surface area contributed by atoms with Gasteiger partial charge in [0.15, 0.2) is 5.82 Å². The lowest BCUT2D eigenvalue weighted by molar-refractivity contribution is 0.599. The van der Waals surface area contributed by atoms with Gasteiger partial charge >= 0.3 is 0 Å². The summed E-state index contributed by atoms with van der Waals surface area (Å²) >= 11 is 0. The lowest BCUT2D eigenvalue weighted by Gasteiger charge is -2.02. The van der Waals surface area contributed by atoms with E-state index in [4.69, 9.17) is 0 Å². The van der Waals surface area contributed by atoms with E-state index in [1.807, 2.05) is 38.1 Å². The molecule has 2 aromatic rings. The van der Waals surface area contributed by atoms with Crippen LogP contribution in [0.25, 0.3) is 11.3 Å². The quantitative estimate of drug-likeness (QED) is 0.883. The first-order chi connectivity index (χ1) is 9.02. The van der Waals surface area contributed by atoms with Crippen LogP contribution in [-0.4, -0.2) is 24.4 Å². The average molecular weight is 279 g/mol. The lowest BCUT2D eigenvalue weighted by atomic mass is 10.1. The summed E-state index contributed by atoms with van der Waals surface area (Å²) in [5.74, 6) is 0.422. The highest BCUT2D eigenvalue weighted by atomic mass is 32.2. The number of hydrogen-bond donors (Lipinski definition) is 2. The van der Waals surface area contributed by atoms with Gasteiger partial charge in [-0.15, -0.1) is 0 Å². The second-order valence-electron chi connectivity index (χ2n) is 4.40. The van der Waals surface area contributed by atoms with E-state index in [1.54, 1.807) is 6.07 Å². The second kappa shape index (κ2) is 5.44.